The average molecular weight is 308 g/mol. The SMILES string of the molecule is COc1ccc(Br)c(CC(N)c2cncnc2)c1. The lowest BCUT2D eigenvalue weighted by Crippen LogP contribution is -2.14. The van der Waals surface area contributed by atoms with E-state index in [4.69, 9.17) is 10.5 Å². The Balaban J connectivity index is 2.18. The first kappa shape index (κ1) is 13.0. The third kappa shape index (κ3) is 3.05. The minimum Gasteiger partial charge on any atom is -0.497 e. The fourth-order valence-electron chi connectivity index (χ4n) is 1.69. The fraction of sp³-hybridized carbons (Fsp3) is 0.231. The lowest BCUT2D eigenvalue weighted by Gasteiger charge is -2.13. The highest BCUT2D eigenvalue weighted by Crippen LogP contribution is 2.26. The molecule has 1 aromatic carbocycles. The smallest absolute Gasteiger partial charge is 0.119 e. The van der Waals surface area contributed by atoms with E-state index in [-0.39, 0.29) is 6.04 Å². The minimum atomic E-state index is -0.130. The molecule has 5 heteroatoms. The number of hydrogen-bond donors (Lipinski definition) is 1. The predicted molar refractivity (Wildman–Crippen MR) is 73.4 cm³/mol. The van der Waals surface area contributed by atoms with Gasteiger partial charge < -0.3 is 10.5 Å². The molecule has 0 amide bonds. The molecule has 0 saturated heterocycles. The summed E-state index contributed by atoms with van der Waals surface area (Å²) >= 11 is 3.52. The van der Waals surface area contributed by atoms with Crippen molar-refractivity contribution in [3.8, 4) is 5.75 Å². The quantitative estimate of drug-likeness (QED) is 0.942. The molecule has 1 aromatic heterocycles. The summed E-state index contributed by atoms with van der Waals surface area (Å²) in [5, 5.41) is 0. The Morgan fingerprint density at radius 2 is 2.06 bits per heavy atom. The van der Waals surface area contributed by atoms with Crippen molar-refractivity contribution in [3.63, 3.8) is 0 Å². The first-order chi connectivity index (χ1) is 8.70. The third-order valence-electron chi connectivity index (χ3n) is 2.70. The van der Waals surface area contributed by atoms with E-state index in [1.807, 2.05) is 18.2 Å². The van der Waals surface area contributed by atoms with Crippen molar-refractivity contribution < 1.29 is 4.74 Å². The molecule has 2 aromatic rings. The molecule has 0 aliphatic carbocycles. The number of ether oxygens (including phenoxy) is 1. The minimum absolute atomic E-state index is 0.130. The zero-order chi connectivity index (χ0) is 13.0. The second kappa shape index (κ2) is 5.93. The summed E-state index contributed by atoms with van der Waals surface area (Å²) in [4.78, 5) is 7.95. The van der Waals surface area contributed by atoms with Crippen LogP contribution in [0.2, 0.25) is 0 Å². The zero-order valence-corrected chi connectivity index (χ0v) is 11.6. The van der Waals surface area contributed by atoms with E-state index in [9.17, 15) is 0 Å². The van der Waals surface area contributed by atoms with Gasteiger partial charge in [-0.3, -0.25) is 0 Å². The standard InChI is InChI=1S/C13H14BrN3O/c1-18-11-2-3-12(14)9(4-11)5-13(15)10-6-16-8-17-7-10/h2-4,6-8,13H,5,15H2,1H3. The Labute approximate surface area is 114 Å². The van der Waals surface area contributed by atoms with Crippen LogP contribution in [0.5, 0.6) is 5.75 Å². The van der Waals surface area contributed by atoms with Crippen LogP contribution in [0.1, 0.15) is 17.2 Å². The fourth-order valence-corrected chi connectivity index (χ4v) is 2.10. The van der Waals surface area contributed by atoms with Gasteiger partial charge in [-0.1, -0.05) is 15.9 Å². The molecule has 0 aliphatic rings. The van der Waals surface area contributed by atoms with Gasteiger partial charge in [-0.15, -0.1) is 0 Å². The summed E-state index contributed by atoms with van der Waals surface area (Å²) in [7, 11) is 1.65. The number of halogens is 1. The normalized spacial score (nSPS) is 12.2. The first-order valence-electron chi connectivity index (χ1n) is 5.53. The van der Waals surface area contributed by atoms with Crippen molar-refractivity contribution in [3.05, 3.63) is 52.5 Å². The maximum absolute atomic E-state index is 6.15. The molecule has 0 fully saturated rings. The van der Waals surface area contributed by atoms with E-state index in [2.05, 4.69) is 25.9 Å². The highest BCUT2D eigenvalue weighted by Gasteiger charge is 2.10. The topological polar surface area (TPSA) is 61.0 Å². The van der Waals surface area contributed by atoms with Gasteiger partial charge >= 0.3 is 0 Å². The molecular formula is C13H14BrN3O. The molecule has 1 atom stereocenters. The van der Waals surface area contributed by atoms with Gasteiger partial charge in [0.05, 0.1) is 7.11 Å². The van der Waals surface area contributed by atoms with Crippen LogP contribution in [0.25, 0.3) is 0 Å². The van der Waals surface area contributed by atoms with Crippen LogP contribution in [0.3, 0.4) is 0 Å². The van der Waals surface area contributed by atoms with Crippen molar-refractivity contribution in [1.82, 2.24) is 9.97 Å². The summed E-state index contributed by atoms with van der Waals surface area (Å²) in [5.41, 5.74) is 8.17. The molecule has 0 aliphatic heterocycles. The van der Waals surface area contributed by atoms with E-state index in [1.165, 1.54) is 6.33 Å². The van der Waals surface area contributed by atoms with Gasteiger partial charge in [0.2, 0.25) is 0 Å². The van der Waals surface area contributed by atoms with Gasteiger partial charge in [0.1, 0.15) is 12.1 Å². The van der Waals surface area contributed by atoms with Crippen LogP contribution in [0.4, 0.5) is 0 Å². The molecule has 94 valence electrons. The van der Waals surface area contributed by atoms with E-state index in [1.54, 1.807) is 19.5 Å². The Kier molecular flexibility index (Phi) is 4.28. The van der Waals surface area contributed by atoms with E-state index in [0.717, 1.165) is 21.3 Å². The zero-order valence-electron chi connectivity index (χ0n) is 10.0. The van der Waals surface area contributed by atoms with Gasteiger partial charge in [0, 0.05) is 28.5 Å². The number of methoxy groups -OCH3 is 1. The number of nitrogens with zero attached hydrogens (tertiary/aromatic N) is 2. The Morgan fingerprint density at radius 3 is 2.72 bits per heavy atom. The highest BCUT2D eigenvalue weighted by atomic mass is 79.9. The van der Waals surface area contributed by atoms with Gasteiger partial charge in [0.25, 0.3) is 0 Å². The van der Waals surface area contributed by atoms with Crippen LogP contribution >= 0.6 is 15.9 Å². The van der Waals surface area contributed by atoms with E-state index < -0.39 is 0 Å². The molecule has 0 saturated carbocycles. The maximum Gasteiger partial charge on any atom is 0.119 e. The molecule has 1 unspecified atom stereocenters. The molecule has 0 spiro atoms. The van der Waals surface area contributed by atoms with Crippen molar-refractivity contribution in [1.29, 1.82) is 0 Å². The number of benzene rings is 1. The number of hydrogen-bond acceptors (Lipinski definition) is 4. The summed E-state index contributed by atoms with van der Waals surface area (Å²) in [6, 6.07) is 5.72. The van der Waals surface area contributed by atoms with Crippen LogP contribution in [0.15, 0.2) is 41.4 Å². The Hall–Kier alpha value is -1.46. The van der Waals surface area contributed by atoms with Gasteiger partial charge in [0.15, 0.2) is 0 Å². The molecule has 1 heterocycles. The van der Waals surface area contributed by atoms with Gasteiger partial charge in [-0.05, 0) is 30.2 Å². The van der Waals surface area contributed by atoms with Crippen LogP contribution in [-0.4, -0.2) is 17.1 Å². The molecule has 2 rings (SSSR count). The summed E-state index contributed by atoms with van der Waals surface area (Å²) in [5.74, 6) is 0.824. The van der Waals surface area contributed by atoms with Gasteiger partial charge in [-0.25, -0.2) is 9.97 Å². The van der Waals surface area contributed by atoms with E-state index >= 15 is 0 Å². The first-order valence-corrected chi connectivity index (χ1v) is 6.33. The van der Waals surface area contributed by atoms with Crippen LogP contribution in [-0.2, 0) is 6.42 Å². The van der Waals surface area contributed by atoms with Crippen molar-refractivity contribution in [2.24, 2.45) is 5.73 Å². The lowest BCUT2D eigenvalue weighted by atomic mass is 10.0. The largest absolute Gasteiger partial charge is 0.497 e. The second-order valence-corrected chi connectivity index (χ2v) is 4.79. The van der Waals surface area contributed by atoms with Crippen molar-refractivity contribution >= 4 is 15.9 Å². The second-order valence-electron chi connectivity index (χ2n) is 3.94. The molecule has 0 radical (unpaired) electrons. The molecule has 4 nitrogen and oxygen atoms in total. The molecular weight excluding hydrogens is 294 g/mol. The molecule has 2 N–H and O–H groups in total. The average Bonchev–Trinajstić information content (AvgIpc) is 2.42. The van der Waals surface area contributed by atoms with Crippen molar-refractivity contribution in [2.75, 3.05) is 7.11 Å². The molecule has 0 bridgehead atoms. The third-order valence-corrected chi connectivity index (χ3v) is 3.48. The Bertz CT molecular complexity index is 519. The lowest BCUT2D eigenvalue weighted by molar-refractivity contribution is 0.414. The summed E-state index contributed by atoms with van der Waals surface area (Å²) in [6.45, 7) is 0. The number of nitrogens with two attached hydrogens (primary N) is 1. The highest BCUT2D eigenvalue weighted by molar-refractivity contribution is 9.10. The summed E-state index contributed by atoms with van der Waals surface area (Å²) in [6.07, 6.45) is 5.68. The molecule has 18 heavy (non-hydrogen) atoms. The summed E-state index contributed by atoms with van der Waals surface area (Å²) < 4.78 is 6.23. The maximum atomic E-state index is 6.15. The van der Waals surface area contributed by atoms with Crippen molar-refractivity contribution in [2.45, 2.75) is 12.5 Å². The van der Waals surface area contributed by atoms with Crippen LogP contribution < -0.4 is 10.5 Å². The van der Waals surface area contributed by atoms with E-state index in [0.29, 0.717) is 6.42 Å². The van der Waals surface area contributed by atoms with Gasteiger partial charge in [-0.2, -0.15) is 0 Å². The monoisotopic (exact) mass is 307 g/mol. The number of rotatable bonds is 4. The predicted octanol–water partition coefficient (Wildman–Crippen LogP) is 2.49. The van der Waals surface area contributed by atoms with Crippen LogP contribution in [0, 0.1) is 0 Å². The Morgan fingerprint density at radius 1 is 1.33 bits per heavy atom. The number of aromatic nitrogens is 2.